The number of Topliss-reactive ketones (excluding diaryl/α,β-unsaturated/α-hetero) is 1. The van der Waals surface area contributed by atoms with E-state index in [1.165, 1.54) is 0 Å². The van der Waals surface area contributed by atoms with Crippen molar-refractivity contribution in [1.29, 1.82) is 5.26 Å². The summed E-state index contributed by atoms with van der Waals surface area (Å²) in [5.41, 5.74) is 3.25. The second-order valence-electron chi connectivity index (χ2n) is 5.70. The number of aryl methyl sites for hydroxylation is 1. The molecule has 2 aromatic rings. The Kier molecular flexibility index (Phi) is 3.68. The van der Waals surface area contributed by atoms with E-state index in [2.05, 4.69) is 16.1 Å². The summed E-state index contributed by atoms with van der Waals surface area (Å²) in [7, 11) is 1.90. The molecule has 1 unspecified atom stereocenters. The van der Waals surface area contributed by atoms with Gasteiger partial charge in [-0.3, -0.25) is 9.48 Å². The first kappa shape index (κ1) is 14.3. The topological polar surface area (TPSA) is 61.9 Å². The van der Waals surface area contributed by atoms with Crippen molar-refractivity contribution in [3.05, 3.63) is 47.3 Å². The summed E-state index contributed by atoms with van der Waals surface area (Å²) in [4.78, 5) is 13.9. The van der Waals surface area contributed by atoms with Crippen LogP contribution in [0.4, 0.5) is 5.69 Å². The maximum absolute atomic E-state index is 11.7. The number of rotatable bonds is 3. The summed E-state index contributed by atoms with van der Waals surface area (Å²) in [5, 5.41) is 13.6. The van der Waals surface area contributed by atoms with Gasteiger partial charge in [0.25, 0.3) is 0 Å². The molecule has 1 saturated heterocycles. The molecule has 3 rings (SSSR count). The van der Waals surface area contributed by atoms with Crippen LogP contribution in [-0.4, -0.2) is 22.1 Å². The molecule has 0 N–H and O–H groups in total. The summed E-state index contributed by atoms with van der Waals surface area (Å²) in [6, 6.07) is 7.76. The number of benzene rings is 1. The van der Waals surface area contributed by atoms with E-state index < -0.39 is 0 Å². The molecule has 1 aromatic carbocycles. The summed E-state index contributed by atoms with van der Waals surface area (Å²) >= 11 is 0. The molecule has 1 aromatic heterocycles. The van der Waals surface area contributed by atoms with Crippen molar-refractivity contribution in [3.8, 4) is 6.07 Å². The van der Waals surface area contributed by atoms with E-state index in [9.17, 15) is 10.1 Å². The minimum Gasteiger partial charge on any atom is -0.363 e. The van der Waals surface area contributed by atoms with E-state index in [4.69, 9.17) is 0 Å². The maximum Gasteiger partial charge on any atom is 0.159 e. The van der Waals surface area contributed by atoms with Gasteiger partial charge in [-0.05, 0) is 38.0 Å². The molecule has 0 aliphatic carbocycles. The van der Waals surface area contributed by atoms with E-state index in [-0.39, 0.29) is 11.8 Å². The predicted octanol–water partition coefficient (Wildman–Crippen LogP) is 2.84. The number of anilines is 1. The van der Waals surface area contributed by atoms with E-state index in [0.29, 0.717) is 11.1 Å². The molecule has 22 heavy (non-hydrogen) atoms. The summed E-state index contributed by atoms with van der Waals surface area (Å²) in [6.07, 6.45) is 5.99. The van der Waals surface area contributed by atoms with Crippen molar-refractivity contribution in [2.24, 2.45) is 7.05 Å². The van der Waals surface area contributed by atoms with Gasteiger partial charge in [0.1, 0.15) is 6.07 Å². The molecule has 0 amide bonds. The van der Waals surface area contributed by atoms with Gasteiger partial charge in [-0.15, -0.1) is 0 Å². The zero-order chi connectivity index (χ0) is 15.7. The van der Waals surface area contributed by atoms with Crippen molar-refractivity contribution in [1.82, 2.24) is 9.78 Å². The molecule has 2 heterocycles. The Balaban J connectivity index is 2.03. The van der Waals surface area contributed by atoms with Crippen LogP contribution in [0.5, 0.6) is 0 Å². The monoisotopic (exact) mass is 294 g/mol. The number of hydrogen-bond donors (Lipinski definition) is 0. The highest BCUT2D eigenvalue weighted by Crippen LogP contribution is 2.37. The average Bonchev–Trinajstić information content (AvgIpc) is 3.14. The fraction of sp³-hybridized carbons (Fsp3) is 0.353. The Hall–Kier alpha value is -2.61. The number of nitrogens with zero attached hydrogens (tertiary/aromatic N) is 4. The molecule has 112 valence electrons. The van der Waals surface area contributed by atoms with Crippen LogP contribution >= 0.6 is 0 Å². The summed E-state index contributed by atoms with van der Waals surface area (Å²) in [6.45, 7) is 2.43. The second kappa shape index (κ2) is 5.64. The minimum absolute atomic E-state index is 0.0165. The van der Waals surface area contributed by atoms with Crippen molar-refractivity contribution in [3.63, 3.8) is 0 Å². The number of aromatic nitrogens is 2. The number of carbonyl (C=O) groups excluding carboxylic acids is 1. The Morgan fingerprint density at radius 3 is 2.91 bits per heavy atom. The van der Waals surface area contributed by atoms with Gasteiger partial charge >= 0.3 is 0 Å². The third kappa shape index (κ3) is 2.48. The number of carbonyl (C=O) groups is 1. The lowest BCUT2D eigenvalue weighted by molar-refractivity contribution is 0.101. The lowest BCUT2D eigenvalue weighted by atomic mass is 10.0. The van der Waals surface area contributed by atoms with E-state index >= 15 is 0 Å². The largest absolute Gasteiger partial charge is 0.363 e. The lowest BCUT2D eigenvalue weighted by Crippen LogP contribution is -2.23. The normalized spacial score (nSPS) is 17.5. The molecule has 5 heteroatoms. The van der Waals surface area contributed by atoms with Crippen LogP contribution < -0.4 is 4.90 Å². The fourth-order valence-corrected chi connectivity index (χ4v) is 3.10. The van der Waals surface area contributed by atoms with E-state index in [1.807, 2.05) is 25.5 Å². The van der Waals surface area contributed by atoms with Gasteiger partial charge in [-0.1, -0.05) is 0 Å². The van der Waals surface area contributed by atoms with Crippen LogP contribution in [0.15, 0.2) is 30.6 Å². The lowest BCUT2D eigenvalue weighted by Gasteiger charge is -2.27. The first-order chi connectivity index (χ1) is 10.6. The number of nitriles is 1. The summed E-state index contributed by atoms with van der Waals surface area (Å²) in [5.74, 6) is 0.0165. The van der Waals surface area contributed by atoms with Crippen LogP contribution in [0, 0.1) is 11.3 Å². The molecular weight excluding hydrogens is 276 g/mol. The van der Waals surface area contributed by atoms with Gasteiger partial charge in [0.05, 0.1) is 23.5 Å². The van der Waals surface area contributed by atoms with Crippen molar-refractivity contribution >= 4 is 11.5 Å². The van der Waals surface area contributed by atoms with Crippen molar-refractivity contribution < 1.29 is 4.79 Å². The Morgan fingerprint density at radius 2 is 2.27 bits per heavy atom. The smallest absolute Gasteiger partial charge is 0.159 e. The first-order valence-electron chi connectivity index (χ1n) is 7.40. The van der Waals surface area contributed by atoms with Gasteiger partial charge < -0.3 is 4.90 Å². The molecule has 0 saturated carbocycles. The highest BCUT2D eigenvalue weighted by molar-refractivity contribution is 5.95. The van der Waals surface area contributed by atoms with Crippen LogP contribution in [0.25, 0.3) is 0 Å². The highest BCUT2D eigenvalue weighted by Gasteiger charge is 2.29. The van der Waals surface area contributed by atoms with Gasteiger partial charge in [0, 0.05) is 30.9 Å². The van der Waals surface area contributed by atoms with Crippen LogP contribution in [0.3, 0.4) is 0 Å². The van der Waals surface area contributed by atoms with Gasteiger partial charge in [-0.25, -0.2) is 0 Å². The van der Waals surface area contributed by atoms with Gasteiger partial charge in [-0.2, -0.15) is 10.4 Å². The molecule has 0 spiro atoms. The maximum atomic E-state index is 11.7. The summed E-state index contributed by atoms with van der Waals surface area (Å²) < 4.78 is 1.79. The van der Waals surface area contributed by atoms with E-state index in [0.717, 1.165) is 30.6 Å². The predicted molar refractivity (Wildman–Crippen MR) is 83.7 cm³/mol. The van der Waals surface area contributed by atoms with Crippen LogP contribution in [0.2, 0.25) is 0 Å². The highest BCUT2D eigenvalue weighted by atomic mass is 16.1. The van der Waals surface area contributed by atoms with Crippen molar-refractivity contribution in [2.45, 2.75) is 25.8 Å². The standard InChI is InChI=1S/C17H18N4O/c1-12(22)13-5-6-14(9-18)17(8-13)21-7-3-4-16(21)15-10-19-20(2)11-15/h5-6,8,10-11,16H,3-4,7H2,1-2H3. The molecule has 0 bridgehead atoms. The Morgan fingerprint density at radius 1 is 1.45 bits per heavy atom. The third-order valence-corrected chi connectivity index (χ3v) is 4.20. The Labute approximate surface area is 129 Å². The molecule has 5 nitrogen and oxygen atoms in total. The zero-order valence-corrected chi connectivity index (χ0v) is 12.8. The molecule has 1 aliphatic rings. The zero-order valence-electron chi connectivity index (χ0n) is 12.8. The molecule has 1 atom stereocenters. The minimum atomic E-state index is 0.0165. The van der Waals surface area contributed by atoms with Crippen LogP contribution in [-0.2, 0) is 7.05 Å². The average molecular weight is 294 g/mol. The molecule has 1 aliphatic heterocycles. The van der Waals surface area contributed by atoms with Crippen LogP contribution in [0.1, 0.15) is 47.3 Å². The number of ketones is 1. The molecular formula is C17H18N4O. The third-order valence-electron chi connectivity index (χ3n) is 4.20. The Bertz CT molecular complexity index is 756. The molecule has 0 radical (unpaired) electrons. The van der Waals surface area contributed by atoms with Gasteiger partial charge in [0.2, 0.25) is 0 Å². The van der Waals surface area contributed by atoms with Crippen molar-refractivity contribution in [2.75, 3.05) is 11.4 Å². The van der Waals surface area contributed by atoms with E-state index in [1.54, 1.807) is 23.7 Å². The SMILES string of the molecule is CC(=O)c1ccc(C#N)c(N2CCCC2c2cnn(C)c2)c1. The fourth-order valence-electron chi connectivity index (χ4n) is 3.10. The number of hydrogen-bond acceptors (Lipinski definition) is 4. The second-order valence-corrected chi connectivity index (χ2v) is 5.70. The quantitative estimate of drug-likeness (QED) is 0.817. The first-order valence-corrected chi connectivity index (χ1v) is 7.40. The van der Waals surface area contributed by atoms with Gasteiger partial charge in [0.15, 0.2) is 5.78 Å². The molecule has 1 fully saturated rings.